The Balaban J connectivity index is 1.70. The van der Waals surface area contributed by atoms with Crippen LogP contribution in [0.5, 0.6) is 0 Å². The highest BCUT2D eigenvalue weighted by Crippen LogP contribution is 2.18. The smallest absolute Gasteiger partial charge is 0.155 e. The zero-order valence-corrected chi connectivity index (χ0v) is 10.3. The number of benzene rings is 1. The molecule has 3 nitrogen and oxygen atoms in total. The van der Waals surface area contributed by atoms with Gasteiger partial charge in [-0.05, 0) is 11.6 Å². The van der Waals surface area contributed by atoms with Crippen molar-refractivity contribution in [3.05, 3.63) is 35.6 Å². The molecule has 1 atom stereocenters. The normalized spacial score (nSPS) is 30.4. The second kappa shape index (κ2) is 4.78. The minimum Gasteiger partial charge on any atom is -0.299 e. The van der Waals surface area contributed by atoms with Crippen LogP contribution >= 0.6 is 0 Å². The van der Waals surface area contributed by atoms with Crippen LogP contribution in [0.3, 0.4) is 0 Å². The van der Waals surface area contributed by atoms with Crippen LogP contribution in [0.1, 0.15) is 5.56 Å². The van der Waals surface area contributed by atoms with Crippen LogP contribution in [0.15, 0.2) is 24.3 Å². The number of fused-ring (bicyclic) bond motifs is 3. The lowest BCUT2D eigenvalue weighted by Gasteiger charge is -2.46. The summed E-state index contributed by atoms with van der Waals surface area (Å²) < 4.78 is 13.5. The van der Waals surface area contributed by atoms with Gasteiger partial charge in [-0.15, -0.1) is 0 Å². The Labute approximate surface area is 106 Å². The molecule has 0 aliphatic carbocycles. The first-order valence-corrected chi connectivity index (χ1v) is 6.46. The van der Waals surface area contributed by atoms with Gasteiger partial charge in [0.2, 0.25) is 0 Å². The van der Waals surface area contributed by atoms with E-state index >= 15 is 0 Å². The maximum Gasteiger partial charge on any atom is 0.155 e. The van der Waals surface area contributed by atoms with E-state index in [4.69, 9.17) is 0 Å². The molecular weight excluding hydrogens is 231 g/mol. The Bertz CT molecular complexity index is 455. The second-order valence-corrected chi connectivity index (χ2v) is 5.09. The SMILES string of the molecule is O=C(Cc1ccccc1F)C1CN2CCN1CC2. The maximum absolute atomic E-state index is 13.5. The summed E-state index contributed by atoms with van der Waals surface area (Å²) in [4.78, 5) is 16.8. The Kier molecular flexibility index (Phi) is 3.14. The summed E-state index contributed by atoms with van der Waals surface area (Å²) in [6.07, 6.45) is 0.210. The molecule has 0 amide bonds. The van der Waals surface area contributed by atoms with Gasteiger partial charge in [0, 0.05) is 39.1 Å². The third kappa shape index (κ3) is 2.18. The second-order valence-electron chi connectivity index (χ2n) is 5.09. The summed E-state index contributed by atoms with van der Waals surface area (Å²) in [5.41, 5.74) is 0.514. The van der Waals surface area contributed by atoms with Gasteiger partial charge in [0.15, 0.2) is 5.78 Å². The summed E-state index contributed by atoms with van der Waals surface area (Å²) >= 11 is 0. The highest BCUT2D eigenvalue weighted by molar-refractivity contribution is 5.86. The van der Waals surface area contributed by atoms with E-state index in [0.717, 1.165) is 32.7 Å². The van der Waals surface area contributed by atoms with Gasteiger partial charge < -0.3 is 0 Å². The molecule has 3 aliphatic heterocycles. The molecule has 3 aliphatic rings. The summed E-state index contributed by atoms with van der Waals surface area (Å²) in [6, 6.07) is 6.51. The van der Waals surface area contributed by atoms with Gasteiger partial charge in [-0.3, -0.25) is 14.6 Å². The standard InChI is InChI=1S/C14H17FN2O/c15-12-4-2-1-3-11(12)9-14(18)13-10-16-5-7-17(13)8-6-16/h1-4,13H,5-10H2. The monoisotopic (exact) mass is 248 g/mol. The molecule has 0 spiro atoms. The van der Waals surface area contributed by atoms with Crippen molar-refractivity contribution < 1.29 is 9.18 Å². The van der Waals surface area contributed by atoms with Crippen LogP contribution in [0.4, 0.5) is 4.39 Å². The molecule has 2 bridgehead atoms. The summed E-state index contributed by atoms with van der Waals surface area (Å²) in [5.74, 6) is -0.133. The molecule has 3 heterocycles. The Morgan fingerprint density at radius 3 is 2.56 bits per heavy atom. The Morgan fingerprint density at radius 2 is 1.94 bits per heavy atom. The molecule has 96 valence electrons. The van der Waals surface area contributed by atoms with E-state index in [0.29, 0.717) is 5.56 Å². The molecule has 3 saturated heterocycles. The van der Waals surface area contributed by atoms with Crippen LogP contribution in [0.25, 0.3) is 0 Å². The van der Waals surface area contributed by atoms with Gasteiger partial charge in [-0.1, -0.05) is 18.2 Å². The van der Waals surface area contributed by atoms with Crippen molar-refractivity contribution in [1.82, 2.24) is 9.80 Å². The quantitative estimate of drug-likeness (QED) is 0.795. The number of piperazine rings is 3. The molecule has 0 saturated carbocycles. The number of rotatable bonds is 3. The van der Waals surface area contributed by atoms with E-state index in [2.05, 4.69) is 9.80 Å². The third-order valence-electron chi connectivity index (χ3n) is 3.97. The fraction of sp³-hybridized carbons (Fsp3) is 0.500. The average Bonchev–Trinajstić information content (AvgIpc) is 2.42. The van der Waals surface area contributed by atoms with E-state index in [1.165, 1.54) is 6.07 Å². The number of hydrogen-bond acceptors (Lipinski definition) is 3. The van der Waals surface area contributed by atoms with Gasteiger partial charge in [-0.2, -0.15) is 0 Å². The molecule has 0 radical (unpaired) electrons. The number of hydrogen-bond donors (Lipinski definition) is 0. The largest absolute Gasteiger partial charge is 0.299 e. The number of ketones is 1. The number of nitrogens with zero attached hydrogens (tertiary/aromatic N) is 2. The van der Waals surface area contributed by atoms with E-state index in [-0.39, 0.29) is 24.1 Å². The minimum absolute atomic E-state index is 0.0351. The maximum atomic E-state index is 13.5. The van der Waals surface area contributed by atoms with Crippen molar-refractivity contribution in [3.63, 3.8) is 0 Å². The molecule has 4 rings (SSSR count). The van der Waals surface area contributed by atoms with Crippen LogP contribution in [0, 0.1) is 5.82 Å². The highest BCUT2D eigenvalue weighted by atomic mass is 19.1. The van der Waals surface area contributed by atoms with Gasteiger partial charge in [-0.25, -0.2) is 4.39 Å². The van der Waals surface area contributed by atoms with Crippen molar-refractivity contribution in [2.45, 2.75) is 12.5 Å². The summed E-state index contributed by atoms with van der Waals surface area (Å²) in [6.45, 7) is 4.86. The molecule has 0 aromatic heterocycles. The molecule has 3 fully saturated rings. The molecule has 1 aromatic carbocycles. The molecule has 18 heavy (non-hydrogen) atoms. The number of carbonyl (C=O) groups excluding carboxylic acids is 1. The zero-order valence-electron chi connectivity index (χ0n) is 10.3. The fourth-order valence-corrected chi connectivity index (χ4v) is 2.87. The van der Waals surface area contributed by atoms with E-state index in [1.807, 2.05) is 0 Å². The molecular formula is C14H17FN2O. The Hall–Kier alpha value is -1.26. The molecule has 4 heteroatoms. The van der Waals surface area contributed by atoms with Crippen molar-refractivity contribution in [3.8, 4) is 0 Å². The van der Waals surface area contributed by atoms with Crippen molar-refractivity contribution >= 4 is 5.78 Å². The van der Waals surface area contributed by atoms with Gasteiger partial charge in [0.1, 0.15) is 5.82 Å². The lowest BCUT2D eigenvalue weighted by molar-refractivity contribution is -0.128. The topological polar surface area (TPSA) is 23.6 Å². The number of halogens is 1. The summed E-state index contributed by atoms with van der Waals surface area (Å²) in [7, 11) is 0. The van der Waals surface area contributed by atoms with Gasteiger partial charge in [0.25, 0.3) is 0 Å². The van der Waals surface area contributed by atoms with Crippen LogP contribution in [0.2, 0.25) is 0 Å². The minimum atomic E-state index is -0.276. The van der Waals surface area contributed by atoms with Crippen LogP contribution in [-0.2, 0) is 11.2 Å². The van der Waals surface area contributed by atoms with Crippen molar-refractivity contribution in [1.29, 1.82) is 0 Å². The van der Waals surface area contributed by atoms with Crippen LogP contribution < -0.4 is 0 Å². The Morgan fingerprint density at radius 1 is 1.22 bits per heavy atom. The van der Waals surface area contributed by atoms with E-state index < -0.39 is 0 Å². The van der Waals surface area contributed by atoms with E-state index in [9.17, 15) is 9.18 Å². The predicted molar refractivity (Wildman–Crippen MR) is 66.9 cm³/mol. The molecule has 0 N–H and O–H groups in total. The highest BCUT2D eigenvalue weighted by Gasteiger charge is 2.35. The number of Topliss-reactive ketones (excluding diaryl/α,β-unsaturated/α-hetero) is 1. The first kappa shape index (κ1) is 11.8. The molecule has 1 aromatic rings. The van der Waals surface area contributed by atoms with Crippen molar-refractivity contribution in [2.24, 2.45) is 0 Å². The number of carbonyl (C=O) groups is 1. The van der Waals surface area contributed by atoms with E-state index in [1.54, 1.807) is 18.2 Å². The van der Waals surface area contributed by atoms with Crippen molar-refractivity contribution in [2.75, 3.05) is 32.7 Å². The zero-order chi connectivity index (χ0) is 12.5. The third-order valence-corrected chi connectivity index (χ3v) is 3.97. The van der Waals surface area contributed by atoms with Crippen LogP contribution in [-0.4, -0.2) is 54.3 Å². The van der Waals surface area contributed by atoms with Gasteiger partial charge in [0.05, 0.1) is 6.04 Å². The predicted octanol–water partition coefficient (Wildman–Crippen LogP) is 0.937. The first-order valence-electron chi connectivity index (χ1n) is 6.46. The fourth-order valence-electron chi connectivity index (χ4n) is 2.87. The average molecular weight is 248 g/mol. The summed E-state index contributed by atoms with van der Waals surface area (Å²) in [5, 5.41) is 0. The molecule has 1 unspecified atom stereocenters. The first-order chi connectivity index (χ1) is 8.74. The van der Waals surface area contributed by atoms with Gasteiger partial charge >= 0.3 is 0 Å². The lowest BCUT2D eigenvalue weighted by Crippen LogP contribution is -2.63. The lowest BCUT2D eigenvalue weighted by atomic mass is 9.98.